The number of hydrogen-bond acceptors (Lipinski definition) is 3. The second-order valence-corrected chi connectivity index (χ2v) is 6.41. The lowest BCUT2D eigenvalue weighted by molar-refractivity contribution is -0.138. The summed E-state index contributed by atoms with van der Waals surface area (Å²) in [6.45, 7) is 3.64. The predicted octanol–water partition coefficient (Wildman–Crippen LogP) is 2.47. The smallest absolute Gasteiger partial charge is 0.242 e. The molecular formula is C15H26Cl2N4O. The highest BCUT2D eigenvalue weighted by molar-refractivity contribution is 5.86. The summed E-state index contributed by atoms with van der Waals surface area (Å²) in [6.07, 6.45) is 9.90. The van der Waals surface area contributed by atoms with E-state index in [1.54, 1.807) is 0 Å². The fourth-order valence-corrected chi connectivity index (χ4v) is 3.52. The van der Waals surface area contributed by atoms with E-state index in [1.165, 1.54) is 5.56 Å². The Balaban J connectivity index is 0.00000121. The topological polar surface area (TPSA) is 64.2 Å². The van der Waals surface area contributed by atoms with E-state index in [9.17, 15) is 4.79 Å². The maximum atomic E-state index is 12.7. The first-order valence-corrected chi connectivity index (χ1v) is 7.67. The van der Waals surface area contributed by atoms with Crippen LogP contribution in [0.5, 0.6) is 0 Å². The van der Waals surface area contributed by atoms with Gasteiger partial charge in [0.25, 0.3) is 0 Å². The van der Waals surface area contributed by atoms with Crippen molar-refractivity contribution in [3.05, 3.63) is 18.0 Å². The standard InChI is InChI=1S/C15H24N4O.2ClH/c1-12-9-17-19(10-12)13-5-4-8-18(11-13)14(20)15(16)6-2-3-7-15;;/h9-10,13H,2-8,11,16H2,1H3;2*1H. The van der Waals surface area contributed by atoms with Crippen LogP contribution in [0.4, 0.5) is 0 Å². The number of nitrogens with zero attached hydrogens (tertiary/aromatic N) is 3. The minimum Gasteiger partial charge on any atom is -0.339 e. The molecule has 2 fully saturated rings. The average Bonchev–Trinajstić information content (AvgIpc) is 3.08. The van der Waals surface area contributed by atoms with Crippen LogP contribution in [-0.2, 0) is 4.79 Å². The molecule has 2 aliphatic rings. The zero-order valence-electron chi connectivity index (χ0n) is 13.0. The molecule has 1 aliphatic heterocycles. The molecule has 1 aliphatic carbocycles. The molecule has 1 amide bonds. The van der Waals surface area contributed by atoms with Crippen LogP contribution >= 0.6 is 24.8 Å². The molecule has 2 heterocycles. The Morgan fingerprint density at radius 2 is 2.00 bits per heavy atom. The number of likely N-dealkylation sites (tertiary alicyclic amines) is 1. The molecule has 1 unspecified atom stereocenters. The lowest BCUT2D eigenvalue weighted by Crippen LogP contribution is -2.55. The Hall–Kier alpha value is -0.780. The fourth-order valence-electron chi connectivity index (χ4n) is 3.52. The van der Waals surface area contributed by atoms with Crippen molar-refractivity contribution in [1.82, 2.24) is 14.7 Å². The van der Waals surface area contributed by atoms with Crippen molar-refractivity contribution < 1.29 is 4.79 Å². The monoisotopic (exact) mass is 348 g/mol. The van der Waals surface area contributed by atoms with Crippen molar-refractivity contribution in [3.8, 4) is 0 Å². The number of hydrogen-bond donors (Lipinski definition) is 1. The molecule has 7 heteroatoms. The number of amides is 1. The summed E-state index contributed by atoms with van der Waals surface area (Å²) in [7, 11) is 0. The van der Waals surface area contributed by atoms with Gasteiger partial charge in [-0.2, -0.15) is 5.10 Å². The summed E-state index contributed by atoms with van der Waals surface area (Å²) in [5.74, 6) is 0.156. The zero-order chi connectivity index (χ0) is 14.2. The first kappa shape index (κ1) is 19.3. The molecule has 1 aromatic heterocycles. The van der Waals surface area contributed by atoms with Crippen LogP contribution in [0.25, 0.3) is 0 Å². The van der Waals surface area contributed by atoms with Crippen LogP contribution < -0.4 is 5.73 Å². The molecule has 22 heavy (non-hydrogen) atoms. The first-order valence-electron chi connectivity index (χ1n) is 7.67. The lowest BCUT2D eigenvalue weighted by atomic mass is 9.95. The molecule has 0 spiro atoms. The van der Waals surface area contributed by atoms with Crippen molar-refractivity contribution in [2.24, 2.45) is 5.73 Å². The Bertz CT molecular complexity index is 499. The quantitative estimate of drug-likeness (QED) is 0.892. The number of piperidine rings is 1. The first-order chi connectivity index (χ1) is 9.58. The second-order valence-electron chi connectivity index (χ2n) is 6.41. The minimum atomic E-state index is -0.595. The highest BCUT2D eigenvalue weighted by atomic mass is 35.5. The molecule has 0 radical (unpaired) electrons. The SMILES string of the molecule is Cc1cnn(C2CCCN(C(=O)C3(N)CCCC3)C2)c1.Cl.Cl. The van der Waals surface area contributed by atoms with Gasteiger partial charge in [-0.15, -0.1) is 24.8 Å². The molecule has 0 aromatic carbocycles. The summed E-state index contributed by atoms with van der Waals surface area (Å²) in [6, 6.07) is 0.298. The highest BCUT2D eigenvalue weighted by Crippen LogP contribution is 2.31. The lowest BCUT2D eigenvalue weighted by Gasteiger charge is -2.37. The molecule has 1 aromatic rings. The third-order valence-corrected chi connectivity index (χ3v) is 4.71. The van der Waals surface area contributed by atoms with Crippen LogP contribution in [0.3, 0.4) is 0 Å². The third-order valence-electron chi connectivity index (χ3n) is 4.71. The van der Waals surface area contributed by atoms with Gasteiger partial charge in [-0.3, -0.25) is 9.48 Å². The summed E-state index contributed by atoms with van der Waals surface area (Å²) in [5, 5.41) is 4.40. The number of aromatic nitrogens is 2. The van der Waals surface area contributed by atoms with E-state index >= 15 is 0 Å². The van der Waals surface area contributed by atoms with Gasteiger partial charge in [-0.1, -0.05) is 12.8 Å². The predicted molar refractivity (Wildman–Crippen MR) is 91.7 cm³/mol. The molecule has 2 N–H and O–H groups in total. The van der Waals surface area contributed by atoms with Gasteiger partial charge in [0.15, 0.2) is 0 Å². The second kappa shape index (κ2) is 7.66. The van der Waals surface area contributed by atoms with Crippen molar-refractivity contribution in [3.63, 3.8) is 0 Å². The molecule has 1 saturated heterocycles. The van der Waals surface area contributed by atoms with Crippen LogP contribution in [0.15, 0.2) is 12.4 Å². The number of aryl methyl sites for hydroxylation is 1. The van der Waals surface area contributed by atoms with Gasteiger partial charge in [0, 0.05) is 19.3 Å². The van der Waals surface area contributed by atoms with Gasteiger partial charge in [0.2, 0.25) is 5.91 Å². The fraction of sp³-hybridized carbons (Fsp3) is 0.733. The molecule has 1 saturated carbocycles. The number of carbonyl (C=O) groups is 1. The van der Waals surface area contributed by atoms with E-state index in [2.05, 4.69) is 11.3 Å². The molecule has 126 valence electrons. The maximum absolute atomic E-state index is 12.7. The van der Waals surface area contributed by atoms with Gasteiger partial charge >= 0.3 is 0 Å². The number of halogens is 2. The van der Waals surface area contributed by atoms with E-state index in [4.69, 9.17) is 5.73 Å². The van der Waals surface area contributed by atoms with Crippen molar-refractivity contribution in [2.45, 2.75) is 57.0 Å². The van der Waals surface area contributed by atoms with Crippen molar-refractivity contribution >= 4 is 30.7 Å². The number of rotatable bonds is 2. The number of carbonyl (C=O) groups excluding carboxylic acids is 1. The van der Waals surface area contributed by atoms with E-state index in [-0.39, 0.29) is 30.7 Å². The van der Waals surface area contributed by atoms with Crippen LogP contribution in [0.2, 0.25) is 0 Å². The Labute approximate surface area is 144 Å². The van der Waals surface area contributed by atoms with Crippen LogP contribution in [-0.4, -0.2) is 39.2 Å². The number of nitrogens with two attached hydrogens (primary N) is 1. The average molecular weight is 349 g/mol. The van der Waals surface area contributed by atoms with Crippen molar-refractivity contribution in [1.29, 1.82) is 0 Å². The Morgan fingerprint density at radius 1 is 1.32 bits per heavy atom. The highest BCUT2D eigenvalue weighted by Gasteiger charge is 2.41. The molecule has 0 bridgehead atoms. The molecular weight excluding hydrogens is 323 g/mol. The summed E-state index contributed by atoms with van der Waals surface area (Å²) >= 11 is 0. The van der Waals surface area contributed by atoms with E-state index in [1.807, 2.05) is 22.7 Å². The zero-order valence-corrected chi connectivity index (χ0v) is 14.7. The van der Waals surface area contributed by atoms with Crippen LogP contribution in [0.1, 0.15) is 50.1 Å². The van der Waals surface area contributed by atoms with Gasteiger partial charge in [0.1, 0.15) is 0 Å². The summed E-state index contributed by atoms with van der Waals surface area (Å²) in [4.78, 5) is 14.6. The Kier molecular flexibility index (Phi) is 6.71. The van der Waals surface area contributed by atoms with E-state index in [0.717, 1.165) is 51.6 Å². The van der Waals surface area contributed by atoms with E-state index < -0.39 is 5.54 Å². The molecule has 5 nitrogen and oxygen atoms in total. The van der Waals surface area contributed by atoms with Gasteiger partial charge < -0.3 is 10.6 Å². The van der Waals surface area contributed by atoms with Crippen molar-refractivity contribution in [2.75, 3.05) is 13.1 Å². The van der Waals surface area contributed by atoms with Gasteiger partial charge in [-0.05, 0) is 38.2 Å². The largest absolute Gasteiger partial charge is 0.339 e. The Morgan fingerprint density at radius 3 is 2.59 bits per heavy atom. The van der Waals surface area contributed by atoms with Gasteiger partial charge in [0.05, 0.1) is 17.8 Å². The summed E-state index contributed by atoms with van der Waals surface area (Å²) in [5.41, 5.74) is 6.88. The minimum absolute atomic E-state index is 0. The van der Waals surface area contributed by atoms with Gasteiger partial charge in [-0.25, -0.2) is 0 Å². The summed E-state index contributed by atoms with van der Waals surface area (Å²) < 4.78 is 2.01. The third kappa shape index (κ3) is 3.76. The van der Waals surface area contributed by atoms with Crippen LogP contribution in [0, 0.1) is 6.92 Å². The molecule has 3 rings (SSSR count). The molecule has 1 atom stereocenters. The normalized spacial score (nSPS) is 23.5. The van der Waals surface area contributed by atoms with E-state index in [0.29, 0.717) is 6.04 Å². The maximum Gasteiger partial charge on any atom is 0.242 e.